The van der Waals surface area contributed by atoms with Crippen LogP contribution in [0.25, 0.3) is 0 Å². The van der Waals surface area contributed by atoms with Crippen LogP contribution in [0.4, 0.5) is 10.2 Å². The molecule has 2 heterocycles. The van der Waals surface area contributed by atoms with Gasteiger partial charge in [-0.05, 0) is 25.8 Å². The highest BCUT2D eigenvalue weighted by atomic mass is 35.5. The van der Waals surface area contributed by atoms with Gasteiger partial charge in [0.2, 0.25) is 0 Å². The van der Waals surface area contributed by atoms with Gasteiger partial charge in [0.25, 0.3) is 0 Å². The Labute approximate surface area is 138 Å². The minimum Gasteiger partial charge on any atom is -0.387 e. The van der Waals surface area contributed by atoms with E-state index in [1.54, 1.807) is 13.3 Å². The Morgan fingerprint density at radius 2 is 2.26 bits per heavy atom. The van der Waals surface area contributed by atoms with Crippen LogP contribution < -0.4 is 11.4 Å². The van der Waals surface area contributed by atoms with E-state index in [2.05, 4.69) is 4.98 Å². The Bertz CT molecular complexity index is 681. The second-order valence-corrected chi connectivity index (χ2v) is 10.0. The first-order valence-corrected chi connectivity index (χ1v) is 10.4. The van der Waals surface area contributed by atoms with Crippen LogP contribution in [0.15, 0.2) is 17.1 Å². The fourth-order valence-electron chi connectivity index (χ4n) is 2.49. The number of ether oxygens (including phenoxy) is 1. The van der Waals surface area contributed by atoms with Crippen molar-refractivity contribution in [2.75, 3.05) is 31.1 Å². The van der Waals surface area contributed by atoms with Crippen LogP contribution in [0.5, 0.6) is 0 Å². The Morgan fingerprint density at radius 3 is 2.78 bits per heavy atom. The van der Waals surface area contributed by atoms with Crippen LogP contribution in [0.1, 0.15) is 12.6 Å². The first kappa shape index (κ1) is 18.4. The lowest BCUT2D eigenvalue weighted by molar-refractivity contribution is -0.0916. The van der Waals surface area contributed by atoms with Crippen molar-refractivity contribution in [3.63, 3.8) is 0 Å². The van der Waals surface area contributed by atoms with Crippen molar-refractivity contribution in [3.05, 3.63) is 22.7 Å². The number of hydrogen-bond acceptors (Lipinski definition) is 6. The summed E-state index contributed by atoms with van der Waals surface area (Å²) in [4.78, 5) is 15.4. The summed E-state index contributed by atoms with van der Waals surface area (Å²) in [5.41, 5.74) is 3.21. The highest BCUT2D eigenvalue weighted by molar-refractivity contribution is 7.62. The normalized spacial score (nSPS) is 31.4. The molecule has 1 aliphatic heterocycles. The average Bonchev–Trinajstić information content (AvgIpc) is 2.70. The van der Waals surface area contributed by atoms with Gasteiger partial charge in [0.15, 0.2) is 12.4 Å². The van der Waals surface area contributed by atoms with Crippen molar-refractivity contribution in [3.8, 4) is 0 Å². The molecular weight excluding hydrogens is 348 g/mol. The summed E-state index contributed by atoms with van der Waals surface area (Å²) in [5.74, 6) is -0.191. The Kier molecular flexibility index (Phi) is 5.21. The minimum absolute atomic E-state index is 0.00159. The molecule has 2 rings (SSSR count). The fraction of sp³-hybridized carbons (Fsp3) is 0.692. The summed E-state index contributed by atoms with van der Waals surface area (Å²) in [6, 6.07) is 1.33. The molecule has 0 aromatic carbocycles. The number of nitrogen functional groups attached to an aromatic ring is 1. The number of aromatic nitrogens is 2. The van der Waals surface area contributed by atoms with Crippen molar-refractivity contribution in [2.24, 2.45) is 0 Å². The molecule has 130 valence electrons. The van der Waals surface area contributed by atoms with Gasteiger partial charge in [0.1, 0.15) is 17.5 Å². The van der Waals surface area contributed by atoms with Gasteiger partial charge in [-0.15, -0.1) is 11.6 Å². The molecule has 10 heteroatoms. The number of aliphatic hydroxyl groups is 1. The predicted molar refractivity (Wildman–Crippen MR) is 86.3 cm³/mol. The molecule has 7 nitrogen and oxygen atoms in total. The number of alkyl halides is 2. The van der Waals surface area contributed by atoms with Gasteiger partial charge in [0.05, 0.1) is 13.0 Å². The lowest BCUT2D eigenvalue weighted by atomic mass is 9.95. The van der Waals surface area contributed by atoms with Gasteiger partial charge in [-0.2, -0.15) is 4.98 Å². The van der Waals surface area contributed by atoms with Crippen molar-refractivity contribution in [1.82, 2.24) is 9.55 Å². The molecule has 0 aliphatic carbocycles. The maximum atomic E-state index is 14.5. The third-order valence-corrected chi connectivity index (χ3v) is 5.65. The van der Waals surface area contributed by atoms with E-state index in [4.69, 9.17) is 22.1 Å². The lowest BCUT2D eigenvalue weighted by Gasteiger charge is -2.30. The summed E-state index contributed by atoms with van der Waals surface area (Å²) in [6.45, 7) is 3.18. The largest absolute Gasteiger partial charge is 0.387 e. The highest BCUT2D eigenvalue weighted by Gasteiger charge is 2.55. The third-order valence-electron chi connectivity index (χ3n) is 3.89. The molecule has 3 N–H and O–H groups in total. The summed E-state index contributed by atoms with van der Waals surface area (Å²) < 4.78 is 33.0. The number of aliphatic hydroxyl groups excluding tert-OH is 1. The summed E-state index contributed by atoms with van der Waals surface area (Å²) in [6.07, 6.45) is -3.16. The Morgan fingerprint density at radius 1 is 1.61 bits per heavy atom. The van der Waals surface area contributed by atoms with Crippen LogP contribution in [0.2, 0.25) is 0 Å². The molecule has 1 aromatic rings. The molecule has 1 aliphatic rings. The van der Waals surface area contributed by atoms with E-state index in [0.717, 1.165) is 4.57 Å². The molecule has 4 atom stereocenters. The van der Waals surface area contributed by atoms with Crippen LogP contribution in [0.3, 0.4) is 0 Å². The number of hydrogen-bond donors (Lipinski definition) is 2. The van der Waals surface area contributed by atoms with Crippen LogP contribution in [0, 0.1) is 0 Å². The van der Waals surface area contributed by atoms with E-state index in [-0.39, 0.29) is 24.3 Å². The monoisotopic (exact) mass is 367 g/mol. The van der Waals surface area contributed by atoms with Gasteiger partial charge in [0, 0.05) is 12.4 Å². The minimum atomic E-state index is -2.40. The maximum Gasteiger partial charge on any atom is 0.351 e. The lowest BCUT2D eigenvalue weighted by Crippen LogP contribution is -2.44. The standard InChI is InChI=1S/C13H20ClFN3O4P/c1-23(2,21)6-4-13(7-14)10(19)9(15)11(22-13)18-5-3-8(16)17-12(18)20/h3,5,9-11,19H,4,6-7H2,1-2H3,(H2,16,17,20)/t9-,10+,11-,13+/m1/s1. The van der Waals surface area contributed by atoms with Crippen molar-refractivity contribution in [2.45, 2.75) is 30.5 Å². The molecule has 23 heavy (non-hydrogen) atoms. The zero-order valence-electron chi connectivity index (χ0n) is 12.9. The zero-order valence-corrected chi connectivity index (χ0v) is 14.5. The second-order valence-electron chi connectivity index (χ2n) is 6.19. The van der Waals surface area contributed by atoms with Crippen LogP contribution in [-0.4, -0.2) is 57.9 Å². The SMILES string of the molecule is CP(C)(=O)CC[C@@]1(CCl)O[C@@H](n2ccc(N)nc2=O)[C@H](F)[C@@H]1O. The molecule has 0 amide bonds. The Hall–Kier alpha value is -0.950. The molecule has 1 fully saturated rings. The van der Waals surface area contributed by atoms with Crippen molar-refractivity contribution >= 4 is 24.6 Å². The smallest absolute Gasteiger partial charge is 0.351 e. The highest BCUT2D eigenvalue weighted by Crippen LogP contribution is 2.46. The number of rotatable bonds is 5. The quantitative estimate of drug-likeness (QED) is 0.595. The summed E-state index contributed by atoms with van der Waals surface area (Å²) >= 11 is 5.91. The van der Waals surface area contributed by atoms with Crippen molar-refractivity contribution < 1.29 is 18.8 Å². The molecule has 1 aromatic heterocycles. The molecular formula is C13H20ClFN3O4P. The Balaban J connectivity index is 2.32. The van der Waals surface area contributed by atoms with E-state index < -0.39 is 36.9 Å². The summed E-state index contributed by atoms with van der Waals surface area (Å²) in [5, 5.41) is 10.2. The van der Waals surface area contributed by atoms with Gasteiger partial charge in [-0.1, -0.05) is 0 Å². The molecule has 1 saturated heterocycles. The third kappa shape index (κ3) is 3.76. The van der Waals surface area contributed by atoms with E-state index in [9.17, 15) is 18.9 Å². The average molecular weight is 368 g/mol. The summed E-state index contributed by atoms with van der Waals surface area (Å²) in [7, 11) is -2.40. The van der Waals surface area contributed by atoms with E-state index in [1.165, 1.54) is 12.3 Å². The van der Waals surface area contributed by atoms with Gasteiger partial charge in [-0.25, -0.2) is 9.18 Å². The second kappa shape index (κ2) is 6.51. The molecule has 0 bridgehead atoms. The van der Waals surface area contributed by atoms with E-state index in [1.807, 2.05) is 0 Å². The number of nitrogens with two attached hydrogens (primary N) is 1. The molecule has 0 radical (unpaired) electrons. The van der Waals surface area contributed by atoms with Gasteiger partial charge in [-0.3, -0.25) is 4.57 Å². The first-order valence-electron chi connectivity index (χ1n) is 7.04. The molecule has 0 saturated carbocycles. The number of anilines is 1. The zero-order chi connectivity index (χ0) is 17.4. The van der Waals surface area contributed by atoms with Crippen LogP contribution >= 0.6 is 18.7 Å². The number of halogens is 2. The number of nitrogens with zero attached hydrogens (tertiary/aromatic N) is 2. The van der Waals surface area contributed by atoms with E-state index >= 15 is 0 Å². The maximum absolute atomic E-state index is 14.5. The molecule has 0 spiro atoms. The first-order chi connectivity index (χ1) is 10.6. The molecule has 0 unspecified atom stereocenters. The van der Waals surface area contributed by atoms with Crippen LogP contribution in [-0.2, 0) is 9.30 Å². The van der Waals surface area contributed by atoms with Gasteiger partial charge < -0.3 is 20.1 Å². The van der Waals surface area contributed by atoms with Crippen molar-refractivity contribution in [1.29, 1.82) is 0 Å². The predicted octanol–water partition coefficient (Wildman–Crippen LogP) is 1.04. The van der Waals surface area contributed by atoms with Gasteiger partial charge >= 0.3 is 5.69 Å². The fourth-order valence-corrected chi connectivity index (χ4v) is 3.77. The van der Waals surface area contributed by atoms with E-state index in [0.29, 0.717) is 0 Å². The topological polar surface area (TPSA) is 107 Å².